The number of benzene rings is 1. The summed E-state index contributed by atoms with van der Waals surface area (Å²) in [5, 5.41) is 0. The van der Waals surface area contributed by atoms with Gasteiger partial charge in [0.2, 0.25) is 0 Å². The molecule has 2 atom stereocenters. The third-order valence-corrected chi connectivity index (χ3v) is 4.77. The van der Waals surface area contributed by atoms with Gasteiger partial charge in [-0.15, -0.1) is 0 Å². The highest BCUT2D eigenvalue weighted by Gasteiger charge is 2.21. The molecule has 3 heteroatoms. The number of nitrogens with zero attached hydrogens (tertiary/aromatic N) is 1. The Hall–Kier alpha value is -0.510. The molecule has 0 spiro atoms. The Kier molecular flexibility index (Phi) is 5.54. The Bertz CT molecular complexity index is 336. The van der Waals surface area contributed by atoms with E-state index in [4.69, 9.17) is 5.73 Å². The maximum atomic E-state index is 5.98. The van der Waals surface area contributed by atoms with Crippen LogP contribution in [0, 0.1) is 0 Å². The minimum absolute atomic E-state index is 0.543. The molecular formula is C15H24N2S. The molecule has 2 unspecified atom stereocenters. The van der Waals surface area contributed by atoms with Crippen LogP contribution in [0.15, 0.2) is 30.3 Å². The van der Waals surface area contributed by atoms with Crippen molar-refractivity contribution in [3.63, 3.8) is 0 Å². The lowest BCUT2D eigenvalue weighted by Crippen LogP contribution is -2.45. The maximum absolute atomic E-state index is 5.98. The second kappa shape index (κ2) is 7.17. The molecule has 0 aliphatic carbocycles. The number of thioether (sulfide) groups is 1. The van der Waals surface area contributed by atoms with E-state index >= 15 is 0 Å². The highest BCUT2D eigenvalue weighted by molar-refractivity contribution is 7.99. The Morgan fingerprint density at radius 1 is 1.22 bits per heavy atom. The quantitative estimate of drug-likeness (QED) is 0.886. The van der Waals surface area contributed by atoms with E-state index in [2.05, 4.69) is 53.9 Å². The van der Waals surface area contributed by atoms with Gasteiger partial charge in [0, 0.05) is 37.2 Å². The second-order valence-corrected chi connectivity index (χ2v) is 6.31. The van der Waals surface area contributed by atoms with E-state index in [0.29, 0.717) is 12.0 Å². The molecular weight excluding hydrogens is 240 g/mol. The minimum atomic E-state index is 0.543. The van der Waals surface area contributed by atoms with Gasteiger partial charge in [0.1, 0.15) is 0 Å². The van der Waals surface area contributed by atoms with E-state index in [9.17, 15) is 0 Å². The van der Waals surface area contributed by atoms with Gasteiger partial charge in [-0.2, -0.15) is 11.8 Å². The van der Waals surface area contributed by atoms with Crippen molar-refractivity contribution >= 4 is 11.8 Å². The third-order valence-electron chi connectivity index (χ3n) is 3.83. The van der Waals surface area contributed by atoms with E-state index in [1.54, 1.807) is 0 Å². The lowest BCUT2D eigenvalue weighted by atomic mass is 9.93. The molecule has 0 aromatic heterocycles. The van der Waals surface area contributed by atoms with Gasteiger partial charge in [-0.25, -0.2) is 0 Å². The van der Waals surface area contributed by atoms with Crippen molar-refractivity contribution in [2.24, 2.45) is 5.73 Å². The molecule has 1 aliphatic rings. The maximum Gasteiger partial charge on any atom is 0.0224 e. The van der Waals surface area contributed by atoms with Crippen LogP contribution in [0.2, 0.25) is 0 Å². The van der Waals surface area contributed by atoms with Crippen LogP contribution in [0.25, 0.3) is 0 Å². The fourth-order valence-corrected chi connectivity index (χ4v) is 3.59. The Labute approximate surface area is 115 Å². The first-order chi connectivity index (χ1) is 8.81. The number of rotatable bonds is 5. The van der Waals surface area contributed by atoms with E-state index in [-0.39, 0.29) is 0 Å². The molecule has 2 N–H and O–H groups in total. The average Bonchev–Trinajstić information content (AvgIpc) is 2.46. The van der Waals surface area contributed by atoms with Crippen LogP contribution in [0.4, 0.5) is 0 Å². The standard InChI is InChI=1S/C15H24N2S/c1-13(14-5-3-2-4-6-14)11-15(12-16)17-7-9-18-10-8-17/h2-6,13,15H,7-12,16H2,1H3. The fraction of sp³-hybridized carbons (Fsp3) is 0.600. The molecule has 1 heterocycles. The fourth-order valence-electron chi connectivity index (χ4n) is 2.66. The predicted octanol–water partition coefficient (Wildman–Crippen LogP) is 2.56. The summed E-state index contributed by atoms with van der Waals surface area (Å²) in [7, 11) is 0. The first-order valence-corrected chi connectivity index (χ1v) is 8.03. The molecule has 0 bridgehead atoms. The van der Waals surface area contributed by atoms with Crippen LogP contribution in [-0.2, 0) is 0 Å². The number of hydrogen-bond donors (Lipinski definition) is 1. The predicted molar refractivity (Wildman–Crippen MR) is 81.2 cm³/mol. The summed E-state index contributed by atoms with van der Waals surface area (Å²) < 4.78 is 0. The van der Waals surface area contributed by atoms with Gasteiger partial charge >= 0.3 is 0 Å². The Morgan fingerprint density at radius 2 is 1.89 bits per heavy atom. The van der Waals surface area contributed by atoms with Gasteiger partial charge in [0.25, 0.3) is 0 Å². The zero-order valence-electron chi connectivity index (χ0n) is 11.2. The molecule has 1 saturated heterocycles. The minimum Gasteiger partial charge on any atom is -0.329 e. The van der Waals surface area contributed by atoms with Crippen LogP contribution in [0.3, 0.4) is 0 Å². The van der Waals surface area contributed by atoms with Crippen molar-refractivity contribution in [2.45, 2.75) is 25.3 Å². The highest BCUT2D eigenvalue weighted by atomic mass is 32.2. The molecule has 18 heavy (non-hydrogen) atoms. The largest absolute Gasteiger partial charge is 0.329 e. The molecule has 0 amide bonds. The van der Waals surface area contributed by atoms with Gasteiger partial charge in [-0.3, -0.25) is 4.90 Å². The molecule has 2 rings (SSSR count). The van der Waals surface area contributed by atoms with Crippen LogP contribution in [0.5, 0.6) is 0 Å². The Morgan fingerprint density at radius 3 is 2.50 bits per heavy atom. The van der Waals surface area contributed by atoms with E-state index in [1.807, 2.05) is 0 Å². The topological polar surface area (TPSA) is 29.3 Å². The van der Waals surface area contributed by atoms with Crippen molar-refractivity contribution in [2.75, 3.05) is 31.1 Å². The summed E-state index contributed by atoms with van der Waals surface area (Å²) >= 11 is 2.06. The summed E-state index contributed by atoms with van der Waals surface area (Å²) in [5.41, 5.74) is 7.41. The molecule has 1 aromatic rings. The SMILES string of the molecule is CC(CC(CN)N1CCSCC1)c1ccccc1. The van der Waals surface area contributed by atoms with Crippen molar-refractivity contribution in [1.29, 1.82) is 0 Å². The number of nitrogens with two attached hydrogens (primary N) is 1. The van der Waals surface area contributed by atoms with E-state index < -0.39 is 0 Å². The molecule has 100 valence electrons. The molecule has 1 aliphatic heterocycles. The second-order valence-electron chi connectivity index (χ2n) is 5.09. The van der Waals surface area contributed by atoms with Gasteiger partial charge in [0.05, 0.1) is 0 Å². The van der Waals surface area contributed by atoms with Gasteiger partial charge in [-0.1, -0.05) is 37.3 Å². The first kappa shape index (κ1) is 13.9. The van der Waals surface area contributed by atoms with Gasteiger partial charge < -0.3 is 5.73 Å². The van der Waals surface area contributed by atoms with Crippen LogP contribution >= 0.6 is 11.8 Å². The molecule has 0 radical (unpaired) electrons. The average molecular weight is 264 g/mol. The lowest BCUT2D eigenvalue weighted by Gasteiger charge is -2.35. The smallest absolute Gasteiger partial charge is 0.0224 e. The summed E-state index contributed by atoms with van der Waals surface area (Å²) in [4.78, 5) is 2.58. The zero-order chi connectivity index (χ0) is 12.8. The van der Waals surface area contributed by atoms with E-state index in [0.717, 1.165) is 6.54 Å². The van der Waals surface area contributed by atoms with Crippen LogP contribution in [-0.4, -0.2) is 42.1 Å². The summed E-state index contributed by atoms with van der Waals surface area (Å²) in [5.74, 6) is 3.11. The van der Waals surface area contributed by atoms with Crippen molar-refractivity contribution < 1.29 is 0 Å². The third kappa shape index (κ3) is 3.74. The zero-order valence-corrected chi connectivity index (χ0v) is 12.0. The van der Waals surface area contributed by atoms with Gasteiger partial charge in [0.15, 0.2) is 0 Å². The monoisotopic (exact) mass is 264 g/mol. The van der Waals surface area contributed by atoms with Gasteiger partial charge in [-0.05, 0) is 17.9 Å². The summed E-state index contributed by atoms with van der Waals surface area (Å²) in [6.45, 7) is 5.50. The Balaban J connectivity index is 1.93. The summed E-state index contributed by atoms with van der Waals surface area (Å²) in [6.07, 6.45) is 1.17. The molecule has 0 saturated carbocycles. The molecule has 1 fully saturated rings. The van der Waals surface area contributed by atoms with Crippen molar-refractivity contribution in [1.82, 2.24) is 4.90 Å². The van der Waals surface area contributed by atoms with Crippen molar-refractivity contribution in [3.8, 4) is 0 Å². The highest BCUT2D eigenvalue weighted by Crippen LogP contribution is 2.23. The summed E-state index contributed by atoms with van der Waals surface area (Å²) in [6, 6.07) is 11.3. The normalized spacial score (nSPS) is 20.6. The van der Waals surface area contributed by atoms with E-state index in [1.165, 1.54) is 36.6 Å². The first-order valence-electron chi connectivity index (χ1n) is 6.88. The molecule has 1 aromatic carbocycles. The lowest BCUT2D eigenvalue weighted by molar-refractivity contribution is 0.203. The van der Waals surface area contributed by atoms with Crippen LogP contribution in [0.1, 0.15) is 24.8 Å². The van der Waals surface area contributed by atoms with Crippen molar-refractivity contribution in [3.05, 3.63) is 35.9 Å². The molecule has 2 nitrogen and oxygen atoms in total. The van der Waals surface area contributed by atoms with Crippen LogP contribution < -0.4 is 5.73 Å². The number of hydrogen-bond acceptors (Lipinski definition) is 3.